The van der Waals surface area contributed by atoms with Gasteiger partial charge in [0.15, 0.2) is 0 Å². The van der Waals surface area contributed by atoms with Crippen LogP contribution in [0.4, 0.5) is 0 Å². The minimum Gasteiger partial charge on any atom is -0.295 e. The Balaban J connectivity index is 2.52. The summed E-state index contributed by atoms with van der Waals surface area (Å²) in [6, 6.07) is 8.34. The van der Waals surface area contributed by atoms with Gasteiger partial charge in [-0.2, -0.15) is 0 Å². The molecule has 1 aromatic carbocycles. The molecule has 0 aliphatic carbocycles. The molecule has 2 rings (SSSR count). The molecule has 0 spiro atoms. The summed E-state index contributed by atoms with van der Waals surface area (Å²) in [5.74, 6) is 0.470. The van der Waals surface area contributed by atoms with Crippen LogP contribution in [0.2, 0.25) is 0 Å². The summed E-state index contributed by atoms with van der Waals surface area (Å²) in [5.41, 5.74) is 4.36. The fourth-order valence-electron chi connectivity index (χ4n) is 2.46. The van der Waals surface area contributed by atoms with E-state index in [0.717, 1.165) is 36.2 Å². The van der Waals surface area contributed by atoms with E-state index in [0.29, 0.717) is 5.92 Å². The van der Waals surface area contributed by atoms with Crippen molar-refractivity contribution in [1.29, 1.82) is 0 Å². The highest BCUT2D eigenvalue weighted by molar-refractivity contribution is 5.63. The molecule has 0 unspecified atom stereocenters. The van der Waals surface area contributed by atoms with Crippen LogP contribution >= 0.6 is 0 Å². The van der Waals surface area contributed by atoms with Crippen molar-refractivity contribution in [2.75, 3.05) is 0 Å². The molecular weight excluding hydrogens is 248 g/mol. The Kier molecular flexibility index (Phi) is 4.48. The molecule has 20 heavy (non-hydrogen) atoms. The first-order valence-electron chi connectivity index (χ1n) is 7.41. The van der Waals surface area contributed by atoms with Crippen LogP contribution in [-0.4, -0.2) is 9.78 Å². The van der Waals surface area contributed by atoms with Gasteiger partial charge in [0.25, 0.3) is 5.56 Å². The van der Waals surface area contributed by atoms with Gasteiger partial charge >= 0.3 is 0 Å². The molecule has 0 amide bonds. The van der Waals surface area contributed by atoms with Gasteiger partial charge in [0.05, 0.1) is 5.69 Å². The Bertz CT molecular complexity index is 617. The number of nitrogens with one attached hydrogen (secondary N) is 1. The maximum absolute atomic E-state index is 12.5. The summed E-state index contributed by atoms with van der Waals surface area (Å²) in [7, 11) is 0. The third-order valence-electron chi connectivity index (χ3n) is 3.45. The van der Waals surface area contributed by atoms with Gasteiger partial charge in [-0.25, -0.2) is 0 Å². The Morgan fingerprint density at radius 3 is 2.40 bits per heavy atom. The van der Waals surface area contributed by atoms with E-state index >= 15 is 0 Å². The van der Waals surface area contributed by atoms with E-state index in [1.54, 1.807) is 4.68 Å². The van der Waals surface area contributed by atoms with Gasteiger partial charge in [-0.15, -0.1) is 0 Å². The topological polar surface area (TPSA) is 37.8 Å². The number of aryl methyl sites for hydroxylation is 2. The third kappa shape index (κ3) is 3.03. The van der Waals surface area contributed by atoms with Crippen LogP contribution in [0, 0.1) is 12.8 Å². The lowest BCUT2D eigenvalue weighted by Gasteiger charge is -2.05. The number of rotatable bonds is 5. The van der Waals surface area contributed by atoms with Gasteiger partial charge < -0.3 is 0 Å². The zero-order chi connectivity index (χ0) is 14.7. The monoisotopic (exact) mass is 272 g/mol. The summed E-state index contributed by atoms with van der Waals surface area (Å²) < 4.78 is 1.74. The summed E-state index contributed by atoms with van der Waals surface area (Å²) in [4.78, 5) is 12.5. The first-order chi connectivity index (χ1) is 9.52. The van der Waals surface area contributed by atoms with E-state index in [1.165, 1.54) is 5.56 Å². The van der Waals surface area contributed by atoms with Crippen molar-refractivity contribution >= 4 is 0 Å². The number of nitrogens with zero attached hydrogens (tertiary/aromatic N) is 1. The second-order valence-corrected chi connectivity index (χ2v) is 5.89. The second kappa shape index (κ2) is 6.12. The highest BCUT2D eigenvalue weighted by Gasteiger charge is 2.16. The van der Waals surface area contributed by atoms with Crippen LogP contribution in [-0.2, 0) is 13.0 Å². The van der Waals surface area contributed by atoms with E-state index in [-0.39, 0.29) is 5.56 Å². The number of aromatic nitrogens is 2. The zero-order valence-electron chi connectivity index (χ0n) is 12.9. The average Bonchev–Trinajstić information content (AvgIpc) is 2.69. The molecule has 2 aromatic rings. The highest BCUT2D eigenvalue weighted by atomic mass is 16.1. The fourth-order valence-corrected chi connectivity index (χ4v) is 2.46. The number of benzene rings is 1. The minimum absolute atomic E-state index is 0.135. The lowest BCUT2D eigenvalue weighted by atomic mass is 9.99. The first kappa shape index (κ1) is 14.6. The van der Waals surface area contributed by atoms with Crippen LogP contribution in [0.1, 0.15) is 38.3 Å². The van der Waals surface area contributed by atoms with E-state index < -0.39 is 0 Å². The predicted octanol–water partition coefficient (Wildman–Crippen LogP) is 3.76. The third-order valence-corrected chi connectivity index (χ3v) is 3.45. The summed E-state index contributed by atoms with van der Waals surface area (Å²) >= 11 is 0. The summed E-state index contributed by atoms with van der Waals surface area (Å²) in [6.07, 6.45) is 1.77. The van der Waals surface area contributed by atoms with Gasteiger partial charge in [0.1, 0.15) is 0 Å². The van der Waals surface area contributed by atoms with Crippen molar-refractivity contribution in [2.45, 2.75) is 47.1 Å². The molecule has 0 radical (unpaired) electrons. The Morgan fingerprint density at radius 2 is 1.85 bits per heavy atom. The lowest BCUT2D eigenvalue weighted by molar-refractivity contribution is 0.581. The molecule has 0 bridgehead atoms. The van der Waals surface area contributed by atoms with E-state index in [2.05, 4.69) is 57.1 Å². The van der Waals surface area contributed by atoms with Crippen molar-refractivity contribution in [3.63, 3.8) is 0 Å². The van der Waals surface area contributed by atoms with Crippen molar-refractivity contribution in [1.82, 2.24) is 9.78 Å². The largest absolute Gasteiger partial charge is 0.295 e. The first-order valence-corrected chi connectivity index (χ1v) is 7.41. The zero-order valence-corrected chi connectivity index (χ0v) is 12.9. The van der Waals surface area contributed by atoms with Crippen molar-refractivity contribution in [3.05, 3.63) is 45.7 Å². The standard InChI is InChI=1S/C17H24N2O/c1-5-10-19-17(20)15(11-12(2)3)16(18-19)14-8-6-13(4)7-9-14/h6-9,12,18H,5,10-11H2,1-4H3. The van der Waals surface area contributed by atoms with Gasteiger partial charge in [-0.3, -0.25) is 14.6 Å². The smallest absolute Gasteiger partial charge is 0.270 e. The number of hydrogen-bond donors (Lipinski definition) is 1. The van der Waals surface area contributed by atoms with Crippen LogP contribution in [0.5, 0.6) is 0 Å². The SMILES string of the molecule is CCCn1[nH]c(-c2ccc(C)cc2)c(CC(C)C)c1=O. The Morgan fingerprint density at radius 1 is 1.20 bits per heavy atom. The number of hydrogen-bond acceptors (Lipinski definition) is 1. The van der Waals surface area contributed by atoms with Gasteiger partial charge in [0.2, 0.25) is 0 Å². The molecule has 0 atom stereocenters. The molecule has 3 heteroatoms. The summed E-state index contributed by atoms with van der Waals surface area (Å²) in [5, 5.41) is 3.30. The molecule has 1 aromatic heterocycles. The van der Waals surface area contributed by atoms with Crippen molar-refractivity contribution in [3.8, 4) is 11.3 Å². The number of H-pyrrole nitrogens is 1. The molecule has 0 aliphatic heterocycles. The molecule has 0 fully saturated rings. The molecule has 108 valence electrons. The van der Waals surface area contributed by atoms with E-state index in [4.69, 9.17) is 0 Å². The lowest BCUT2D eigenvalue weighted by Crippen LogP contribution is -2.19. The van der Waals surface area contributed by atoms with E-state index in [9.17, 15) is 4.79 Å². The molecular formula is C17H24N2O. The van der Waals surface area contributed by atoms with Crippen LogP contribution in [0.25, 0.3) is 11.3 Å². The summed E-state index contributed by atoms with van der Waals surface area (Å²) in [6.45, 7) is 9.20. The molecule has 1 heterocycles. The normalized spacial score (nSPS) is 11.2. The quantitative estimate of drug-likeness (QED) is 0.884. The maximum Gasteiger partial charge on any atom is 0.270 e. The average molecular weight is 272 g/mol. The van der Waals surface area contributed by atoms with Crippen LogP contribution in [0.15, 0.2) is 29.1 Å². The molecule has 3 nitrogen and oxygen atoms in total. The minimum atomic E-state index is 0.135. The van der Waals surface area contributed by atoms with Crippen molar-refractivity contribution < 1.29 is 0 Å². The van der Waals surface area contributed by atoms with Gasteiger partial charge in [-0.1, -0.05) is 50.6 Å². The Labute approximate surface area is 120 Å². The predicted molar refractivity (Wildman–Crippen MR) is 84.1 cm³/mol. The molecule has 0 aliphatic rings. The van der Waals surface area contributed by atoms with Gasteiger partial charge in [0, 0.05) is 12.1 Å². The second-order valence-electron chi connectivity index (χ2n) is 5.89. The van der Waals surface area contributed by atoms with Crippen LogP contribution in [0.3, 0.4) is 0 Å². The van der Waals surface area contributed by atoms with Crippen molar-refractivity contribution in [2.24, 2.45) is 5.92 Å². The Hall–Kier alpha value is -1.77. The maximum atomic E-state index is 12.5. The fraction of sp³-hybridized carbons (Fsp3) is 0.471. The number of aromatic amines is 1. The molecule has 1 N–H and O–H groups in total. The van der Waals surface area contributed by atoms with Gasteiger partial charge in [-0.05, 0) is 31.2 Å². The molecule has 0 saturated carbocycles. The molecule has 0 saturated heterocycles. The highest BCUT2D eigenvalue weighted by Crippen LogP contribution is 2.22. The van der Waals surface area contributed by atoms with E-state index in [1.807, 2.05) is 0 Å². The van der Waals surface area contributed by atoms with Crippen LogP contribution < -0.4 is 5.56 Å².